The van der Waals surface area contributed by atoms with E-state index in [1.54, 1.807) is 19.2 Å². The maximum Gasteiger partial charge on any atom is 0.337 e. The van der Waals surface area contributed by atoms with Crippen molar-refractivity contribution in [2.45, 2.75) is 12.8 Å². The number of nitrogens with one attached hydrogen (secondary N) is 1. The van der Waals surface area contributed by atoms with E-state index in [1.807, 2.05) is 6.07 Å². The fourth-order valence-electron chi connectivity index (χ4n) is 1.64. The van der Waals surface area contributed by atoms with Crippen LogP contribution in [0.25, 0.3) is 0 Å². The summed E-state index contributed by atoms with van der Waals surface area (Å²) in [6.07, 6.45) is 1.84. The van der Waals surface area contributed by atoms with Crippen LogP contribution in [0, 0.1) is 0 Å². The highest BCUT2D eigenvalue weighted by atomic mass is 79.9. The number of benzene rings is 1. The number of carboxylic acids is 1. The molecule has 20 heavy (non-hydrogen) atoms. The van der Waals surface area contributed by atoms with Gasteiger partial charge in [-0.05, 0) is 31.0 Å². The molecule has 1 rings (SSSR count). The molecule has 0 atom stereocenters. The molecule has 112 valence electrons. The van der Waals surface area contributed by atoms with Gasteiger partial charge in [0.1, 0.15) is 0 Å². The molecular weight excluding hydrogens is 326 g/mol. The number of anilines is 1. The molecule has 0 saturated heterocycles. The lowest BCUT2D eigenvalue weighted by molar-refractivity contribution is 0.0690. The van der Waals surface area contributed by atoms with Crippen molar-refractivity contribution in [1.29, 1.82) is 0 Å². The summed E-state index contributed by atoms with van der Waals surface area (Å²) in [7, 11) is 1.64. The number of methoxy groups -OCH3 is 1. The Morgan fingerprint density at radius 3 is 2.80 bits per heavy atom. The Morgan fingerprint density at radius 2 is 2.10 bits per heavy atom. The molecule has 0 aliphatic carbocycles. The standard InChI is InChI=1S/C14H20BrNO4/c1-19-8-9-20-7-3-2-6-16-13-5-4-11(15)10-12(13)14(17)18/h4-5,10,16H,2-3,6-9H2,1H3,(H,17,18). The van der Waals surface area contributed by atoms with Gasteiger partial charge in [-0.3, -0.25) is 0 Å². The second-order valence-corrected chi connectivity index (χ2v) is 5.15. The number of hydrogen-bond acceptors (Lipinski definition) is 4. The topological polar surface area (TPSA) is 67.8 Å². The van der Waals surface area contributed by atoms with Crippen molar-refractivity contribution in [2.24, 2.45) is 0 Å². The van der Waals surface area contributed by atoms with Crippen molar-refractivity contribution in [2.75, 3.05) is 38.8 Å². The lowest BCUT2D eigenvalue weighted by atomic mass is 10.1. The second-order valence-electron chi connectivity index (χ2n) is 4.23. The van der Waals surface area contributed by atoms with E-state index < -0.39 is 5.97 Å². The molecule has 0 spiro atoms. The molecule has 0 aliphatic heterocycles. The van der Waals surface area contributed by atoms with E-state index in [0.29, 0.717) is 25.5 Å². The number of carboxylic acid groups (broad SMARTS) is 1. The Bertz CT molecular complexity index is 426. The summed E-state index contributed by atoms with van der Waals surface area (Å²) in [5.74, 6) is -0.934. The minimum absolute atomic E-state index is 0.274. The molecule has 0 saturated carbocycles. The SMILES string of the molecule is COCCOCCCCNc1ccc(Br)cc1C(=O)O. The summed E-state index contributed by atoms with van der Waals surface area (Å²) in [5, 5.41) is 12.3. The Balaban J connectivity index is 2.27. The van der Waals surface area contributed by atoms with Gasteiger partial charge in [0, 0.05) is 30.4 Å². The van der Waals surface area contributed by atoms with Crippen LogP contribution in [-0.4, -0.2) is 44.6 Å². The van der Waals surface area contributed by atoms with Crippen LogP contribution in [0.4, 0.5) is 5.69 Å². The summed E-state index contributed by atoms with van der Waals surface area (Å²) >= 11 is 3.27. The monoisotopic (exact) mass is 345 g/mol. The average molecular weight is 346 g/mol. The normalized spacial score (nSPS) is 10.5. The van der Waals surface area contributed by atoms with Gasteiger partial charge < -0.3 is 19.9 Å². The third kappa shape index (κ3) is 6.36. The van der Waals surface area contributed by atoms with Crippen LogP contribution < -0.4 is 5.32 Å². The first-order valence-corrected chi connectivity index (χ1v) is 7.28. The molecule has 5 nitrogen and oxygen atoms in total. The lowest BCUT2D eigenvalue weighted by Crippen LogP contribution is -2.09. The molecule has 0 aliphatic rings. The largest absolute Gasteiger partial charge is 0.478 e. The highest BCUT2D eigenvalue weighted by molar-refractivity contribution is 9.10. The molecule has 1 aromatic carbocycles. The number of ether oxygens (including phenoxy) is 2. The minimum Gasteiger partial charge on any atom is -0.478 e. The van der Waals surface area contributed by atoms with E-state index >= 15 is 0 Å². The van der Waals surface area contributed by atoms with Crippen LogP contribution in [0.5, 0.6) is 0 Å². The number of aromatic carboxylic acids is 1. The fourth-order valence-corrected chi connectivity index (χ4v) is 2.01. The van der Waals surface area contributed by atoms with Crippen molar-refractivity contribution in [3.05, 3.63) is 28.2 Å². The molecule has 0 heterocycles. The first-order chi connectivity index (χ1) is 9.65. The summed E-state index contributed by atoms with van der Waals surface area (Å²) in [4.78, 5) is 11.1. The van der Waals surface area contributed by atoms with Crippen molar-refractivity contribution >= 4 is 27.6 Å². The Morgan fingerprint density at radius 1 is 1.30 bits per heavy atom. The number of carbonyl (C=O) groups is 1. The highest BCUT2D eigenvalue weighted by Gasteiger charge is 2.09. The Kier molecular flexibility index (Phi) is 8.25. The van der Waals surface area contributed by atoms with E-state index in [9.17, 15) is 4.79 Å². The number of hydrogen-bond donors (Lipinski definition) is 2. The summed E-state index contributed by atoms with van der Waals surface area (Å²) in [6, 6.07) is 5.18. The molecule has 0 aromatic heterocycles. The van der Waals surface area contributed by atoms with Gasteiger partial charge in [-0.15, -0.1) is 0 Å². The van der Waals surface area contributed by atoms with Crippen molar-refractivity contribution in [3.8, 4) is 0 Å². The predicted molar refractivity (Wildman–Crippen MR) is 81.5 cm³/mol. The summed E-state index contributed by atoms with van der Waals surface area (Å²) in [6.45, 7) is 2.63. The predicted octanol–water partition coefficient (Wildman–Crippen LogP) is 3.00. The first-order valence-electron chi connectivity index (χ1n) is 6.48. The van der Waals surface area contributed by atoms with Crippen molar-refractivity contribution in [3.63, 3.8) is 0 Å². The maximum absolute atomic E-state index is 11.1. The Labute approximate surface area is 127 Å². The zero-order valence-electron chi connectivity index (χ0n) is 11.5. The quantitative estimate of drug-likeness (QED) is 0.638. The van der Waals surface area contributed by atoms with Gasteiger partial charge >= 0.3 is 5.97 Å². The smallest absolute Gasteiger partial charge is 0.337 e. The van der Waals surface area contributed by atoms with E-state index in [0.717, 1.165) is 23.9 Å². The molecule has 6 heteroatoms. The number of rotatable bonds is 10. The van der Waals surface area contributed by atoms with Gasteiger partial charge in [-0.2, -0.15) is 0 Å². The van der Waals surface area contributed by atoms with E-state index in [4.69, 9.17) is 14.6 Å². The van der Waals surface area contributed by atoms with Gasteiger partial charge in [0.2, 0.25) is 0 Å². The molecule has 0 unspecified atom stereocenters. The number of halogens is 1. The molecule has 0 fully saturated rings. The lowest BCUT2D eigenvalue weighted by Gasteiger charge is -2.10. The van der Waals surface area contributed by atoms with Crippen LogP contribution in [0.3, 0.4) is 0 Å². The zero-order chi connectivity index (χ0) is 14.8. The van der Waals surface area contributed by atoms with Gasteiger partial charge in [0.25, 0.3) is 0 Å². The van der Waals surface area contributed by atoms with Crippen molar-refractivity contribution in [1.82, 2.24) is 0 Å². The molecule has 2 N–H and O–H groups in total. The average Bonchev–Trinajstić information content (AvgIpc) is 2.43. The summed E-state index contributed by atoms with van der Waals surface area (Å²) < 4.78 is 11.0. The molecule has 1 aromatic rings. The minimum atomic E-state index is -0.934. The first kappa shape index (κ1) is 16.9. The maximum atomic E-state index is 11.1. The molecule has 0 amide bonds. The zero-order valence-corrected chi connectivity index (χ0v) is 13.1. The molecular formula is C14H20BrNO4. The van der Waals surface area contributed by atoms with Gasteiger partial charge in [-0.1, -0.05) is 15.9 Å². The highest BCUT2D eigenvalue weighted by Crippen LogP contribution is 2.21. The molecule has 0 bridgehead atoms. The van der Waals surface area contributed by atoms with Gasteiger partial charge in [-0.25, -0.2) is 4.79 Å². The van der Waals surface area contributed by atoms with Crippen LogP contribution in [-0.2, 0) is 9.47 Å². The third-order valence-corrected chi connectivity index (χ3v) is 3.17. The van der Waals surface area contributed by atoms with Gasteiger partial charge in [0.05, 0.1) is 18.8 Å². The summed E-state index contributed by atoms with van der Waals surface area (Å²) in [5.41, 5.74) is 0.914. The fraction of sp³-hybridized carbons (Fsp3) is 0.500. The van der Waals surface area contributed by atoms with Crippen molar-refractivity contribution < 1.29 is 19.4 Å². The molecule has 0 radical (unpaired) electrons. The van der Waals surface area contributed by atoms with Crippen LogP contribution in [0.15, 0.2) is 22.7 Å². The Hall–Kier alpha value is -1.11. The van der Waals surface area contributed by atoms with Crippen LogP contribution >= 0.6 is 15.9 Å². The van der Waals surface area contributed by atoms with E-state index in [1.165, 1.54) is 0 Å². The van der Waals surface area contributed by atoms with Crippen LogP contribution in [0.1, 0.15) is 23.2 Å². The van der Waals surface area contributed by atoms with E-state index in [2.05, 4.69) is 21.2 Å². The van der Waals surface area contributed by atoms with Gasteiger partial charge in [0.15, 0.2) is 0 Å². The second kappa shape index (κ2) is 9.74. The van der Waals surface area contributed by atoms with Crippen LogP contribution in [0.2, 0.25) is 0 Å². The third-order valence-electron chi connectivity index (χ3n) is 2.67. The van der Waals surface area contributed by atoms with E-state index in [-0.39, 0.29) is 5.56 Å². The number of unbranched alkanes of at least 4 members (excludes halogenated alkanes) is 1.